The molecule has 1 atom stereocenters. The molecule has 3 rings (SSSR count). The lowest BCUT2D eigenvalue weighted by Crippen LogP contribution is -2.13. The Balaban J connectivity index is 2.11. The summed E-state index contributed by atoms with van der Waals surface area (Å²) < 4.78 is 0. The Labute approximate surface area is 128 Å². The van der Waals surface area contributed by atoms with E-state index in [9.17, 15) is 0 Å². The molecule has 1 unspecified atom stereocenters. The zero-order valence-corrected chi connectivity index (χ0v) is 12.5. The highest BCUT2D eigenvalue weighted by Gasteiger charge is 2.55. The molecule has 2 aromatic rings. The molecule has 1 saturated carbocycles. The first-order valence-electron chi connectivity index (χ1n) is 6.25. The molecule has 0 bridgehead atoms. The van der Waals surface area contributed by atoms with Crippen molar-refractivity contribution in [3.05, 3.63) is 69.7 Å². The van der Waals surface area contributed by atoms with Gasteiger partial charge in [-0.15, -0.1) is 11.6 Å². The van der Waals surface area contributed by atoms with Crippen molar-refractivity contribution in [1.29, 1.82) is 0 Å². The number of benzene rings is 2. The summed E-state index contributed by atoms with van der Waals surface area (Å²) in [6.45, 7) is 0. The van der Waals surface area contributed by atoms with E-state index in [2.05, 4.69) is 12.1 Å². The first kappa shape index (κ1) is 13.3. The standard InChI is InChI=1S/C16H13Cl3/c17-10-13-9-16(13,11-3-1-5-14(18)7-11)12-4-2-6-15(19)8-12/h1-8,13H,9-10H2. The highest BCUT2D eigenvalue weighted by atomic mass is 35.5. The van der Waals surface area contributed by atoms with Gasteiger partial charge in [-0.1, -0.05) is 47.5 Å². The minimum Gasteiger partial charge on any atom is -0.126 e. The molecule has 0 N–H and O–H groups in total. The van der Waals surface area contributed by atoms with Crippen LogP contribution in [0.15, 0.2) is 48.5 Å². The van der Waals surface area contributed by atoms with Crippen LogP contribution in [0.2, 0.25) is 10.0 Å². The van der Waals surface area contributed by atoms with Gasteiger partial charge in [0.25, 0.3) is 0 Å². The lowest BCUT2D eigenvalue weighted by molar-refractivity contribution is 0.754. The lowest BCUT2D eigenvalue weighted by Gasteiger charge is -2.19. The van der Waals surface area contributed by atoms with Crippen LogP contribution in [0, 0.1) is 5.92 Å². The largest absolute Gasteiger partial charge is 0.126 e. The molecule has 0 heterocycles. The molecule has 2 aromatic carbocycles. The average Bonchev–Trinajstić information content (AvgIpc) is 3.14. The number of hydrogen-bond acceptors (Lipinski definition) is 0. The van der Waals surface area contributed by atoms with E-state index in [1.807, 2.05) is 36.4 Å². The van der Waals surface area contributed by atoms with Crippen LogP contribution < -0.4 is 0 Å². The van der Waals surface area contributed by atoms with Gasteiger partial charge in [0, 0.05) is 21.3 Å². The maximum atomic E-state index is 6.13. The highest BCUT2D eigenvalue weighted by molar-refractivity contribution is 6.31. The molecule has 98 valence electrons. The molecule has 1 aliphatic rings. The van der Waals surface area contributed by atoms with E-state index < -0.39 is 0 Å². The fourth-order valence-corrected chi connectivity index (χ4v) is 3.67. The van der Waals surface area contributed by atoms with Gasteiger partial charge in [0.1, 0.15) is 0 Å². The van der Waals surface area contributed by atoms with E-state index in [1.54, 1.807) is 0 Å². The molecule has 3 heteroatoms. The molecule has 1 aliphatic carbocycles. The molecule has 0 aliphatic heterocycles. The fraction of sp³-hybridized carbons (Fsp3) is 0.250. The van der Waals surface area contributed by atoms with Gasteiger partial charge in [-0.3, -0.25) is 0 Å². The molecule has 19 heavy (non-hydrogen) atoms. The third-order valence-corrected chi connectivity index (χ3v) is 4.81. The number of hydrogen-bond donors (Lipinski definition) is 0. The second kappa shape index (κ2) is 5.01. The maximum Gasteiger partial charge on any atom is 0.0409 e. The van der Waals surface area contributed by atoms with Crippen LogP contribution in [-0.2, 0) is 5.41 Å². The summed E-state index contributed by atoms with van der Waals surface area (Å²) in [7, 11) is 0. The number of halogens is 3. The Bertz CT molecular complexity index is 561. The van der Waals surface area contributed by atoms with Crippen LogP contribution >= 0.6 is 34.8 Å². The normalized spacial score (nSPS) is 20.3. The van der Waals surface area contributed by atoms with Crippen LogP contribution in [-0.4, -0.2) is 5.88 Å². The molecule has 0 saturated heterocycles. The molecular weight excluding hydrogens is 299 g/mol. The van der Waals surface area contributed by atoms with Crippen LogP contribution in [0.3, 0.4) is 0 Å². The van der Waals surface area contributed by atoms with Gasteiger partial charge in [0.15, 0.2) is 0 Å². The molecule has 1 fully saturated rings. The first-order valence-corrected chi connectivity index (χ1v) is 7.54. The molecule has 0 aromatic heterocycles. The Hall–Kier alpha value is -0.690. The van der Waals surface area contributed by atoms with E-state index in [0.717, 1.165) is 16.5 Å². The van der Waals surface area contributed by atoms with Crippen molar-refractivity contribution >= 4 is 34.8 Å². The van der Waals surface area contributed by atoms with Crippen LogP contribution in [0.4, 0.5) is 0 Å². The van der Waals surface area contributed by atoms with E-state index in [4.69, 9.17) is 34.8 Å². The summed E-state index contributed by atoms with van der Waals surface area (Å²) in [5, 5.41) is 1.53. The van der Waals surface area contributed by atoms with Crippen molar-refractivity contribution in [1.82, 2.24) is 0 Å². The Morgan fingerprint density at radius 3 is 1.84 bits per heavy atom. The van der Waals surface area contributed by atoms with Gasteiger partial charge in [-0.2, -0.15) is 0 Å². The zero-order valence-electron chi connectivity index (χ0n) is 10.2. The van der Waals surface area contributed by atoms with E-state index in [1.165, 1.54) is 11.1 Å². The Morgan fingerprint density at radius 1 is 0.947 bits per heavy atom. The summed E-state index contributed by atoms with van der Waals surface area (Å²) in [4.78, 5) is 0. The number of alkyl halides is 1. The smallest absolute Gasteiger partial charge is 0.0409 e. The summed E-state index contributed by atoms with van der Waals surface area (Å²) in [6, 6.07) is 16.1. The molecule has 0 radical (unpaired) electrons. The minimum atomic E-state index is -0.0163. The predicted molar refractivity (Wildman–Crippen MR) is 82.5 cm³/mol. The zero-order chi connectivity index (χ0) is 13.5. The van der Waals surface area contributed by atoms with Gasteiger partial charge >= 0.3 is 0 Å². The van der Waals surface area contributed by atoms with Gasteiger partial charge in [-0.05, 0) is 47.7 Å². The number of rotatable bonds is 3. The summed E-state index contributed by atoms with van der Waals surface area (Å²) in [5.41, 5.74) is 2.44. The monoisotopic (exact) mass is 310 g/mol. The Morgan fingerprint density at radius 2 is 1.47 bits per heavy atom. The SMILES string of the molecule is ClCC1CC1(c1cccc(Cl)c1)c1cccc(Cl)c1. The van der Waals surface area contributed by atoms with E-state index >= 15 is 0 Å². The second-order valence-electron chi connectivity index (χ2n) is 5.05. The van der Waals surface area contributed by atoms with Crippen molar-refractivity contribution in [2.24, 2.45) is 5.92 Å². The topological polar surface area (TPSA) is 0 Å². The maximum absolute atomic E-state index is 6.13. The second-order valence-corrected chi connectivity index (χ2v) is 6.23. The summed E-state index contributed by atoms with van der Waals surface area (Å²) >= 11 is 18.4. The van der Waals surface area contributed by atoms with Gasteiger partial charge < -0.3 is 0 Å². The van der Waals surface area contributed by atoms with Gasteiger partial charge in [-0.25, -0.2) is 0 Å². The van der Waals surface area contributed by atoms with E-state index in [-0.39, 0.29) is 5.41 Å². The lowest BCUT2D eigenvalue weighted by atomic mass is 9.86. The van der Waals surface area contributed by atoms with Crippen molar-refractivity contribution in [3.63, 3.8) is 0 Å². The third kappa shape index (κ3) is 2.27. The van der Waals surface area contributed by atoms with Crippen molar-refractivity contribution in [3.8, 4) is 0 Å². The molecule has 0 nitrogen and oxygen atoms in total. The van der Waals surface area contributed by atoms with Crippen LogP contribution in [0.25, 0.3) is 0 Å². The van der Waals surface area contributed by atoms with Gasteiger partial charge in [0.05, 0.1) is 0 Å². The minimum absolute atomic E-state index is 0.0163. The summed E-state index contributed by atoms with van der Waals surface area (Å²) in [5.74, 6) is 1.10. The van der Waals surface area contributed by atoms with Crippen LogP contribution in [0.1, 0.15) is 17.5 Å². The molecular formula is C16H13Cl3. The van der Waals surface area contributed by atoms with E-state index in [0.29, 0.717) is 11.8 Å². The van der Waals surface area contributed by atoms with Crippen LogP contribution in [0.5, 0.6) is 0 Å². The third-order valence-electron chi connectivity index (χ3n) is 3.97. The van der Waals surface area contributed by atoms with Crippen molar-refractivity contribution in [2.45, 2.75) is 11.8 Å². The molecule has 0 spiro atoms. The van der Waals surface area contributed by atoms with Gasteiger partial charge in [0.2, 0.25) is 0 Å². The Kier molecular flexibility index (Phi) is 3.51. The van der Waals surface area contributed by atoms with Crippen molar-refractivity contribution < 1.29 is 0 Å². The molecule has 0 amide bonds. The first-order chi connectivity index (χ1) is 9.16. The highest BCUT2D eigenvalue weighted by Crippen LogP contribution is 2.59. The quantitative estimate of drug-likeness (QED) is 0.653. The van der Waals surface area contributed by atoms with Crippen molar-refractivity contribution in [2.75, 3.05) is 5.88 Å². The predicted octanol–water partition coefficient (Wildman–Crippen LogP) is 5.54. The summed E-state index contributed by atoms with van der Waals surface area (Å²) in [6.07, 6.45) is 1.05. The average molecular weight is 312 g/mol. The fourth-order valence-electron chi connectivity index (χ4n) is 2.92.